The molecule has 0 saturated carbocycles. The summed E-state index contributed by atoms with van der Waals surface area (Å²) in [5, 5.41) is 21.7. The molecule has 3 heterocycles. The summed E-state index contributed by atoms with van der Waals surface area (Å²) in [6.07, 6.45) is 2.94. The van der Waals surface area contributed by atoms with Gasteiger partial charge in [-0.25, -0.2) is 4.79 Å². The largest absolute Gasteiger partial charge is 0.493 e. The first-order valence-corrected chi connectivity index (χ1v) is 17.9. The van der Waals surface area contributed by atoms with Crippen LogP contribution in [0.4, 0.5) is 4.79 Å². The number of ketones is 1. The van der Waals surface area contributed by atoms with Gasteiger partial charge in [0.25, 0.3) is 0 Å². The average molecular weight is 725 g/mol. The highest BCUT2D eigenvalue weighted by molar-refractivity contribution is 5.96. The Balaban J connectivity index is 1.19. The van der Waals surface area contributed by atoms with E-state index in [9.17, 15) is 29.1 Å². The van der Waals surface area contributed by atoms with E-state index >= 15 is 0 Å². The monoisotopic (exact) mass is 724 g/mol. The lowest BCUT2D eigenvalue weighted by Crippen LogP contribution is -2.63. The number of carbonyl (C=O) groups is 5. The number of carboxylic acids is 2. The maximum absolute atomic E-state index is 14.1. The van der Waals surface area contributed by atoms with Crippen molar-refractivity contribution in [2.45, 2.75) is 81.4 Å². The Morgan fingerprint density at radius 3 is 2.67 bits per heavy atom. The number of piperidine rings is 2. The average Bonchev–Trinajstić information content (AvgIpc) is 3.45. The topological polar surface area (TPSA) is 236 Å². The molecule has 7 N–H and O–H groups in total. The molecule has 2 fully saturated rings. The standard InChI is InChI=1S/C36H48N6O10/c1-41-13-10-36-24-6-8-27(31(36)52-30-26(50-2)7-5-19(29(30)36)16-25(24)41)51-35(49)42-12-9-21(33(47)48)14-22(42)18-40-32(46)20(4-3-11-39-34(37)38)15-23(43)17-28(44)45/h5,7-8,20-22,24-25,31H,3-4,6,9-18H2,1-2H3,(H,40,46)(H,44,45)(H,47,48)(H4,37,38,39)/t20-,21?,22?,24+,25-,31+,36+/m1/s1. The molecule has 1 aromatic rings. The second-order valence-corrected chi connectivity index (χ2v) is 14.6. The van der Waals surface area contributed by atoms with Crippen LogP contribution in [-0.2, 0) is 35.8 Å². The summed E-state index contributed by atoms with van der Waals surface area (Å²) in [4.78, 5) is 70.8. The van der Waals surface area contributed by atoms with Crippen molar-refractivity contribution in [3.8, 4) is 11.5 Å². The molecule has 5 aliphatic rings. The third-order valence-electron chi connectivity index (χ3n) is 11.6. The van der Waals surface area contributed by atoms with Crippen molar-refractivity contribution in [1.29, 1.82) is 0 Å². The quantitative estimate of drug-likeness (QED) is 0.0790. The van der Waals surface area contributed by atoms with Gasteiger partial charge in [-0.1, -0.05) is 6.07 Å². The third-order valence-corrected chi connectivity index (χ3v) is 11.6. The van der Waals surface area contributed by atoms with Crippen molar-refractivity contribution in [3.05, 3.63) is 35.1 Å². The number of rotatable bonds is 14. The van der Waals surface area contributed by atoms with Gasteiger partial charge < -0.3 is 51.0 Å². The number of carboxylic acid groups (broad SMARTS) is 2. The summed E-state index contributed by atoms with van der Waals surface area (Å²) >= 11 is 0. The molecule has 7 atom stereocenters. The van der Waals surface area contributed by atoms with E-state index in [0.717, 1.165) is 24.9 Å². The van der Waals surface area contributed by atoms with Crippen LogP contribution in [0.3, 0.4) is 0 Å². The van der Waals surface area contributed by atoms with Crippen molar-refractivity contribution < 1.29 is 48.4 Å². The zero-order valence-electron chi connectivity index (χ0n) is 29.5. The molecule has 16 heteroatoms. The van der Waals surface area contributed by atoms with E-state index < -0.39 is 65.5 Å². The van der Waals surface area contributed by atoms with E-state index in [2.05, 4.69) is 28.3 Å². The number of nitrogens with zero attached hydrogens (tertiary/aromatic N) is 3. The van der Waals surface area contributed by atoms with E-state index in [1.165, 1.54) is 10.5 Å². The van der Waals surface area contributed by atoms with Crippen LogP contribution in [0.1, 0.15) is 62.5 Å². The van der Waals surface area contributed by atoms with Crippen molar-refractivity contribution in [2.24, 2.45) is 34.2 Å². The number of likely N-dealkylation sites (tertiary alicyclic amines) is 2. The summed E-state index contributed by atoms with van der Waals surface area (Å²) in [5.41, 5.74) is 12.7. The predicted octanol–water partition coefficient (Wildman–Crippen LogP) is 1.38. The fourth-order valence-corrected chi connectivity index (χ4v) is 9.18. The van der Waals surface area contributed by atoms with Gasteiger partial charge in [0.2, 0.25) is 5.91 Å². The third kappa shape index (κ3) is 6.99. The molecule has 3 aliphatic heterocycles. The second kappa shape index (κ2) is 15.0. The Hall–Kier alpha value is -4.86. The van der Waals surface area contributed by atoms with Crippen molar-refractivity contribution >= 4 is 35.7 Å². The predicted molar refractivity (Wildman–Crippen MR) is 186 cm³/mol. The number of Topliss-reactive ketones (excluding diaryl/α,β-unsaturated/α-hetero) is 1. The number of hydrogen-bond acceptors (Lipinski definition) is 10. The fourth-order valence-electron chi connectivity index (χ4n) is 9.18. The van der Waals surface area contributed by atoms with Gasteiger partial charge in [0, 0.05) is 49.0 Å². The number of amides is 2. The zero-order valence-corrected chi connectivity index (χ0v) is 29.5. The maximum Gasteiger partial charge on any atom is 0.415 e. The van der Waals surface area contributed by atoms with Gasteiger partial charge in [-0.05, 0) is 82.2 Å². The van der Waals surface area contributed by atoms with Crippen LogP contribution >= 0.6 is 0 Å². The highest BCUT2D eigenvalue weighted by atomic mass is 16.6. The highest BCUT2D eigenvalue weighted by Crippen LogP contribution is 2.63. The summed E-state index contributed by atoms with van der Waals surface area (Å²) in [6, 6.07) is 3.61. The molecule has 16 nitrogen and oxygen atoms in total. The molecule has 2 saturated heterocycles. The molecule has 0 aromatic heterocycles. The molecule has 282 valence electrons. The minimum atomic E-state index is -1.30. The van der Waals surface area contributed by atoms with Crippen LogP contribution in [0.15, 0.2) is 29.0 Å². The Morgan fingerprint density at radius 2 is 1.96 bits per heavy atom. The number of benzene rings is 1. The first-order valence-electron chi connectivity index (χ1n) is 17.9. The van der Waals surface area contributed by atoms with E-state index in [1.54, 1.807) is 7.11 Å². The number of methoxy groups -OCH3 is 1. The van der Waals surface area contributed by atoms with Crippen molar-refractivity contribution in [3.63, 3.8) is 0 Å². The molecule has 2 amide bonds. The lowest BCUT2D eigenvalue weighted by atomic mass is 9.53. The Labute approximate surface area is 301 Å². The second-order valence-electron chi connectivity index (χ2n) is 14.6. The molecule has 2 aliphatic carbocycles. The number of hydrogen-bond donors (Lipinski definition) is 5. The summed E-state index contributed by atoms with van der Waals surface area (Å²) in [5.74, 6) is -3.18. The lowest BCUT2D eigenvalue weighted by molar-refractivity contribution is -0.144. The number of aliphatic imine (C=N–C) groups is 1. The SMILES string of the molecule is COc1ccc2c3c1O[C@H]1C(OC(=O)N4CCC(C(=O)O)CC4CNC(=O)[C@H](CCCN=C(N)N)CC(=O)CC(=O)O)=CC[C@H]4[C@@H](C2)N(C)CC[C@]314. The van der Waals surface area contributed by atoms with E-state index in [4.69, 9.17) is 30.8 Å². The van der Waals surface area contributed by atoms with Crippen molar-refractivity contribution in [2.75, 3.05) is 40.3 Å². The van der Waals surface area contributed by atoms with Gasteiger partial charge in [-0.2, -0.15) is 0 Å². The first-order chi connectivity index (χ1) is 24.8. The number of nitrogens with two attached hydrogens (primary N) is 2. The lowest BCUT2D eigenvalue weighted by Gasteiger charge is -2.56. The van der Waals surface area contributed by atoms with Crippen LogP contribution in [0.2, 0.25) is 0 Å². The molecular weight excluding hydrogens is 676 g/mol. The molecule has 0 radical (unpaired) electrons. The van der Waals surface area contributed by atoms with E-state index in [1.807, 2.05) is 12.1 Å². The molecule has 2 unspecified atom stereocenters. The van der Waals surface area contributed by atoms with Crippen LogP contribution in [0.25, 0.3) is 0 Å². The Bertz CT molecular complexity index is 1680. The van der Waals surface area contributed by atoms with Crippen LogP contribution in [-0.4, -0.2) is 114 Å². The van der Waals surface area contributed by atoms with Crippen LogP contribution < -0.4 is 26.3 Å². The Morgan fingerprint density at radius 1 is 1.17 bits per heavy atom. The van der Waals surface area contributed by atoms with Crippen LogP contribution in [0, 0.1) is 17.8 Å². The van der Waals surface area contributed by atoms with Crippen LogP contribution in [0.5, 0.6) is 11.5 Å². The number of ether oxygens (including phenoxy) is 3. The number of aliphatic carboxylic acids is 2. The number of likely N-dealkylation sites (N-methyl/N-ethyl adjacent to an activating group) is 1. The minimum Gasteiger partial charge on any atom is -0.493 e. The number of guanidine groups is 1. The van der Waals surface area contributed by atoms with Gasteiger partial charge in [0.1, 0.15) is 18.0 Å². The molecule has 6 rings (SSSR count). The van der Waals surface area contributed by atoms with E-state index in [-0.39, 0.29) is 57.2 Å². The number of allylic oxidation sites excluding steroid dienone is 1. The molecule has 2 bridgehead atoms. The smallest absolute Gasteiger partial charge is 0.415 e. The first kappa shape index (κ1) is 36.9. The summed E-state index contributed by atoms with van der Waals surface area (Å²) in [6.45, 7) is 1.06. The minimum absolute atomic E-state index is 0.0722. The molecule has 1 aromatic carbocycles. The normalized spacial score (nSPS) is 27.6. The fraction of sp³-hybridized carbons (Fsp3) is 0.611. The van der Waals surface area contributed by atoms with E-state index in [0.29, 0.717) is 36.1 Å². The van der Waals surface area contributed by atoms with Crippen molar-refractivity contribution in [1.82, 2.24) is 15.1 Å². The maximum atomic E-state index is 14.1. The summed E-state index contributed by atoms with van der Waals surface area (Å²) in [7, 11) is 3.76. The van der Waals surface area contributed by atoms with Gasteiger partial charge in [0.15, 0.2) is 23.6 Å². The molecule has 1 spiro atoms. The molecule has 52 heavy (non-hydrogen) atoms. The highest BCUT2D eigenvalue weighted by Gasteiger charge is 2.65. The van der Waals surface area contributed by atoms with Gasteiger partial charge in [-0.15, -0.1) is 0 Å². The van der Waals surface area contributed by atoms with Gasteiger partial charge in [0.05, 0.1) is 19.1 Å². The van der Waals surface area contributed by atoms with Gasteiger partial charge in [-0.3, -0.25) is 24.2 Å². The number of carbonyl (C=O) groups excluding carboxylic acids is 3. The van der Waals surface area contributed by atoms with Gasteiger partial charge >= 0.3 is 18.0 Å². The molecular formula is C36H48N6O10. The number of nitrogens with one attached hydrogen (secondary N) is 1. The Kier molecular flexibility index (Phi) is 10.7. The zero-order chi connectivity index (χ0) is 37.3. The summed E-state index contributed by atoms with van der Waals surface area (Å²) < 4.78 is 18.6.